The fourth-order valence-electron chi connectivity index (χ4n) is 4.74. The van der Waals surface area contributed by atoms with Crippen molar-refractivity contribution in [1.82, 2.24) is 9.38 Å². The molecular formula is C29H31N3O3. The lowest BCUT2D eigenvalue weighted by molar-refractivity contribution is -0.134. The number of imidazole rings is 1. The number of hydrogen-bond donors (Lipinski definition) is 1. The number of methoxy groups -OCH3 is 1. The van der Waals surface area contributed by atoms with Crippen LogP contribution in [-0.2, 0) is 11.2 Å². The summed E-state index contributed by atoms with van der Waals surface area (Å²) < 4.78 is 13.4. The maximum absolute atomic E-state index is 12.5. The third-order valence-electron chi connectivity index (χ3n) is 6.60. The van der Waals surface area contributed by atoms with E-state index in [9.17, 15) is 4.79 Å². The van der Waals surface area contributed by atoms with Gasteiger partial charge in [-0.3, -0.25) is 9.20 Å². The van der Waals surface area contributed by atoms with Gasteiger partial charge in [0.1, 0.15) is 17.2 Å². The predicted molar refractivity (Wildman–Crippen MR) is 138 cm³/mol. The minimum atomic E-state index is -0.285. The number of pyridine rings is 1. The van der Waals surface area contributed by atoms with E-state index in [0.717, 1.165) is 28.3 Å². The molecule has 180 valence electrons. The summed E-state index contributed by atoms with van der Waals surface area (Å²) in [5.41, 5.74) is 3.77. The average molecular weight is 470 g/mol. The molecule has 5 rings (SSSR count). The molecule has 0 spiro atoms. The van der Waals surface area contributed by atoms with Crippen LogP contribution in [0.5, 0.6) is 11.5 Å². The van der Waals surface area contributed by atoms with E-state index in [0.29, 0.717) is 30.4 Å². The highest BCUT2D eigenvalue weighted by atomic mass is 16.6. The number of ether oxygens (including phenoxy) is 2. The first-order valence-corrected chi connectivity index (χ1v) is 12.4. The van der Waals surface area contributed by atoms with Crippen LogP contribution in [0.2, 0.25) is 0 Å². The Kier molecular flexibility index (Phi) is 6.98. The quantitative estimate of drug-likeness (QED) is 0.243. The lowest BCUT2D eigenvalue weighted by Crippen LogP contribution is -2.23. The van der Waals surface area contributed by atoms with Crippen molar-refractivity contribution in [3.8, 4) is 22.8 Å². The smallest absolute Gasteiger partial charge is 0.311 e. The molecule has 0 amide bonds. The average Bonchev–Trinajstić information content (AvgIpc) is 3.27. The number of rotatable bonds is 8. The molecule has 0 unspecified atom stereocenters. The molecule has 0 saturated heterocycles. The van der Waals surface area contributed by atoms with Crippen LogP contribution in [-0.4, -0.2) is 28.5 Å². The van der Waals surface area contributed by atoms with Crippen molar-refractivity contribution in [3.63, 3.8) is 0 Å². The highest BCUT2D eigenvalue weighted by Crippen LogP contribution is 2.37. The maximum atomic E-state index is 12.5. The summed E-state index contributed by atoms with van der Waals surface area (Å²) in [6.07, 6.45) is 9.12. The van der Waals surface area contributed by atoms with Crippen LogP contribution in [0.3, 0.4) is 0 Å². The summed E-state index contributed by atoms with van der Waals surface area (Å²) in [5, 5.41) is 3.76. The Morgan fingerprint density at radius 2 is 1.80 bits per heavy atom. The van der Waals surface area contributed by atoms with Crippen molar-refractivity contribution in [3.05, 3.63) is 78.5 Å². The molecule has 1 aliphatic rings. The van der Waals surface area contributed by atoms with Gasteiger partial charge < -0.3 is 14.8 Å². The summed E-state index contributed by atoms with van der Waals surface area (Å²) in [6, 6.07) is 22.0. The van der Waals surface area contributed by atoms with Crippen LogP contribution in [0.25, 0.3) is 16.9 Å². The van der Waals surface area contributed by atoms with Crippen molar-refractivity contribution < 1.29 is 14.3 Å². The molecule has 1 fully saturated rings. The number of aromatic nitrogens is 2. The molecular weight excluding hydrogens is 438 g/mol. The monoisotopic (exact) mass is 469 g/mol. The van der Waals surface area contributed by atoms with Crippen LogP contribution in [0.1, 0.15) is 44.1 Å². The van der Waals surface area contributed by atoms with Crippen LogP contribution in [0.15, 0.2) is 72.9 Å². The molecule has 0 atom stereocenters. The van der Waals surface area contributed by atoms with Gasteiger partial charge >= 0.3 is 5.97 Å². The lowest BCUT2D eigenvalue weighted by Gasteiger charge is -2.24. The van der Waals surface area contributed by atoms with Gasteiger partial charge in [-0.05, 0) is 55.2 Å². The molecule has 6 heteroatoms. The lowest BCUT2D eigenvalue weighted by atomic mass is 9.95. The van der Waals surface area contributed by atoms with Gasteiger partial charge in [0.05, 0.1) is 7.11 Å². The normalized spacial score (nSPS) is 14.1. The van der Waals surface area contributed by atoms with E-state index in [1.807, 2.05) is 66.9 Å². The number of nitrogens with one attached hydrogen (secondary N) is 1. The van der Waals surface area contributed by atoms with Gasteiger partial charge in [-0.25, -0.2) is 4.98 Å². The van der Waals surface area contributed by atoms with Crippen LogP contribution in [0, 0.1) is 0 Å². The molecule has 35 heavy (non-hydrogen) atoms. The fourth-order valence-corrected chi connectivity index (χ4v) is 4.74. The molecule has 2 aromatic heterocycles. The molecule has 0 radical (unpaired) electrons. The summed E-state index contributed by atoms with van der Waals surface area (Å²) in [5.74, 6) is 1.63. The first-order valence-electron chi connectivity index (χ1n) is 12.4. The third kappa shape index (κ3) is 5.32. The number of aryl methyl sites for hydroxylation is 1. The molecule has 1 N–H and O–H groups in total. The second-order valence-corrected chi connectivity index (χ2v) is 9.04. The number of hydrogen-bond acceptors (Lipinski definition) is 5. The zero-order valence-electron chi connectivity index (χ0n) is 20.1. The van der Waals surface area contributed by atoms with E-state index in [2.05, 4.69) is 9.72 Å². The van der Waals surface area contributed by atoms with Gasteiger partial charge in [0.25, 0.3) is 0 Å². The number of carbonyl (C=O) groups is 1. The molecule has 0 bridgehead atoms. The van der Waals surface area contributed by atoms with Crippen molar-refractivity contribution >= 4 is 17.4 Å². The summed E-state index contributed by atoms with van der Waals surface area (Å²) in [4.78, 5) is 17.4. The molecule has 2 heterocycles. The SMILES string of the molecule is COc1cc(-c2nc3ccccn3c2NC2CCCCC2)ccc1OC(=O)CCc1ccccc1. The zero-order valence-corrected chi connectivity index (χ0v) is 20.1. The highest BCUT2D eigenvalue weighted by molar-refractivity contribution is 5.79. The molecule has 2 aromatic carbocycles. The minimum Gasteiger partial charge on any atom is -0.493 e. The molecule has 1 aliphatic carbocycles. The van der Waals surface area contributed by atoms with Gasteiger partial charge in [-0.2, -0.15) is 0 Å². The van der Waals surface area contributed by atoms with Crippen molar-refractivity contribution in [1.29, 1.82) is 0 Å². The number of benzene rings is 2. The fraction of sp³-hybridized carbons (Fsp3) is 0.310. The molecule has 6 nitrogen and oxygen atoms in total. The number of carbonyl (C=O) groups excluding carboxylic acids is 1. The van der Waals surface area contributed by atoms with Gasteiger partial charge in [-0.15, -0.1) is 0 Å². The van der Waals surface area contributed by atoms with Gasteiger partial charge in [0, 0.05) is 24.2 Å². The topological polar surface area (TPSA) is 64.9 Å². The van der Waals surface area contributed by atoms with Crippen LogP contribution < -0.4 is 14.8 Å². The second-order valence-electron chi connectivity index (χ2n) is 9.04. The second kappa shape index (κ2) is 10.6. The third-order valence-corrected chi connectivity index (χ3v) is 6.60. The van der Waals surface area contributed by atoms with Gasteiger partial charge in [-0.1, -0.05) is 55.7 Å². The van der Waals surface area contributed by atoms with E-state index in [1.165, 1.54) is 32.1 Å². The first-order chi connectivity index (χ1) is 17.2. The van der Waals surface area contributed by atoms with Gasteiger partial charge in [0.15, 0.2) is 11.5 Å². The molecule has 0 aliphatic heterocycles. The predicted octanol–water partition coefficient (Wildman–Crippen LogP) is 6.29. The zero-order chi connectivity index (χ0) is 24.0. The molecule has 4 aromatic rings. The Morgan fingerprint density at radius 1 is 1.00 bits per heavy atom. The number of nitrogens with zero attached hydrogens (tertiary/aromatic N) is 2. The minimum absolute atomic E-state index is 0.285. The summed E-state index contributed by atoms with van der Waals surface area (Å²) >= 11 is 0. The van der Waals surface area contributed by atoms with E-state index in [4.69, 9.17) is 14.5 Å². The number of fused-ring (bicyclic) bond motifs is 1. The standard InChI is InChI=1S/C29H31N3O3/c1-34-25-20-22(16-17-24(25)35-27(33)18-15-21-10-4-2-5-11-21)28-29(30-23-12-6-3-7-13-23)32-19-9-8-14-26(32)31-28/h2,4-5,8-11,14,16-17,19-20,23,30H,3,6-7,12-13,15,18H2,1H3. The van der Waals surface area contributed by atoms with Crippen molar-refractivity contribution in [2.24, 2.45) is 0 Å². The first kappa shape index (κ1) is 23.0. The Balaban J connectivity index is 1.38. The Labute approximate surface area is 205 Å². The largest absolute Gasteiger partial charge is 0.493 e. The van der Waals surface area contributed by atoms with E-state index in [1.54, 1.807) is 13.2 Å². The highest BCUT2D eigenvalue weighted by Gasteiger charge is 2.21. The van der Waals surface area contributed by atoms with Gasteiger partial charge in [0.2, 0.25) is 0 Å². The van der Waals surface area contributed by atoms with E-state index < -0.39 is 0 Å². The number of anilines is 1. The van der Waals surface area contributed by atoms with Crippen molar-refractivity contribution in [2.75, 3.05) is 12.4 Å². The molecule has 1 saturated carbocycles. The van der Waals surface area contributed by atoms with Crippen LogP contribution >= 0.6 is 0 Å². The van der Waals surface area contributed by atoms with Crippen LogP contribution in [0.4, 0.5) is 5.82 Å². The number of esters is 1. The maximum Gasteiger partial charge on any atom is 0.311 e. The van der Waals surface area contributed by atoms with Crippen molar-refractivity contribution in [2.45, 2.75) is 51.0 Å². The Bertz CT molecular complexity index is 1290. The Morgan fingerprint density at radius 3 is 2.60 bits per heavy atom. The Hall–Kier alpha value is -3.80. The van der Waals surface area contributed by atoms with E-state index >= 15 is 0 Å². The van der Waals surface area contributed by atoms with E-state index in [-0.39, 0.29) is 5.97 Å². The summed E-state index contributed by atoms with van der Waals surface area (Å²) in [7, 11) is 1.59. The summed E-state index contributed by atoms with van der Waals surface area (Å²) in [6.45, 7) is 0.